The Kier molecular flexibility index (Phi) is 6.71. The first-order valence-electron chi connectivity index (χ1n) is 6.07. The summed E-state index contributed by atoms with van der Waals surface area (Å²) < 4.78 is 0. The molecule has 96 valence electrons. The topological polar surface area (TPSA) is 34.1 Å². The molecule has 0 aromatic rings. The van der Waals surface area contributed by atoms with Gasteiger partial charge in [-0.25, -0.2) is 0 Å². The first-order valence-corrected chi connectivity index (χ1v) is 6.07. The third-order valence-corrected chi connectivity index (χ3v) is 2.81. The quantitative estimate of drug-likeness (QED) is 0.473. The van der Waals surface area contributed by atoms with Crippen LogP contribution >= 0.6 is 0 Å². The van der Waals surface area contributed by atoms with E-state index in [0.717, 1.165) is 12.8 Å². The lowest BCUT2D eigenvalue weighted by molar-refractivity contribution is -0.126. The van der Waals surface area contributed by atoms with Crippen LogP contribution in [0, 0.1) is 5.41 Å². The fraction of sp³-hybridized carbons (Fsp3) is 0.600. The van der Waals surface area contributed by atoms with Gasteiger partial charge in [-0.3, -0.25) is 9.59 Å². The number of Topliss-reactive ketones (excluding diaryl/α,β-unsaturated/α-hetero) is 2. The minimum Gasteiger partial charge on any atom is -0.300 e. The first-order chi connectivity index (χ1) is 7.79. The summed E-state index contributed by atoms with van der Waals surface area (Å²) >= 11 is 0. The summed E-state index contributed by atoms with van der Waals surface area (Å²) in [5.41, 5.74) is 1.09. The molecule has 17 heavy (non-hydrogen) atoms. The molecule has 0 N–H and O–H groups in total. The summed E-state index contributed by atoms with van der Waals surface area (Å²) in [6.07, 6.45) is 6.29. The van der Waals surface area contributed by atoms with E-state index < -0.39 is 0 Å². The molecule has 0 aromatic carbocycles. The van der Waals surface area contributed by atoms with Gasteiger partial charge in [0.05, 0.1) is 6.42 Å². The largest absolute Gasteiger partial charge is 0.300 e. The Morgan fingerprint density at radius 3 is 2.24 bits per heavy atom. The van der Waals surface area contributed by atoms with E-state index in [1.54, 1.807) is 0 Å². The van der Waals surface area contributed by atoms with Gasteiger partial charge < -0.3 is 0 Å². The highest BCUT2D eigenvalue weighted by Gasteiger charge is 2.23. The van der Waals surface area contributed by atoms with E-state index in [-0.39, 0.29) is 23.4 Å². The zero-order chi connectivity index (χ0) is 13.5. The molecule has 0 bridgehead atoms. The number of carbonyl (C=O) groups excluding carboxylic acids is 2. The Hall–Kier alpha value is -1.18. The molecule has 0 aliphatic rings. The number of hydrogen-bond donors (Lipinski definition) is 0. The van der Waals surface area contributed by atoms with Gasteiger partial charge in [-0.2, -0.15) is 0 Å². The molecule has 0 aliphatic heterocycles. The maximum absolute atomic E-state index is 11.6. The maximum atomic E-state index is 11.6. The van der Waals surface area contributed by atoms with Gasteiger partial charge in [-0.05, 0) is 39.0 Å². The predicted octanol–water partition coefficient (Wildman–Crippen LogP) is 3.86. The molecule has 1 atom stereocenters. The monoisotopic (exact) mass is 236 g/mol. The second kappa shape index (κ2) is 7.21. The molecule has 0 aliphatic carbocycles. The third-order valence-electron chi connectivity index (χ3n) is 2.81. The molecule has 0 heterocycles. The van der Waals surface area contributed by atoms with Crippen molar-refractivity contribution in [3.8, 4) is 0 Å². The van der Waals surface area contributed by atoms with Gasteiger partial charge in [0.2, 0.25) is 0 Å². The normalized spacial score (nSPS) is 13.6. The third kappa shape index (κ3) is 7.67. The molecule has 2 nitrogen and oxygen atoms in total. The smallest absolute Gasteiger partial charge is 0.141 e. The average molecular weight is 236 g/mol. The number of hydrogen-bond acceptors (Lipinski definition) is 2. The van der Waals surface area contributed by atoms with Gasteiger partial charge in [0.15, 0.2) is 0 Å². The fourth-order valence-electron chi connectivity index (χ4n) is 1.74. The molecule has 1 unspecified atom stereocenters. The number of rotatable bonds is 8. The summed E-state index contributed by atoms with van der Waals surface area (Å²) in [6, 6.07) is 0. The van der Waals surface area contributed by atoms with Crippen LogP contribution in [-0.4, -0.2) is 11.6 Å². The van der Waals surface area contributed by atoms with Crippen LogP contribution in [-0.2, 0) is 9.59 Å². The van der Waals surface area contributed by atoms with Crippen LogP contribution in [0.4, 0.5) is 0 Å². The predicted molar refractivity (Wildman–Crippen MR) is 71.9 cm³/mol. The van der Waals surface area contributed by atoms with Gasteiger partial charge in [0.25, 0.3) is 0 Å². The molecule has 0 aromatic heterocycles. The molecular formula is C15H24O2. The molecule has 0 radical (unpaired) electrons. The highest BCUT2D eigenvalue weighted by molar-refractivity contribution is 5.98. The van der Waals surface area contributed by atoms with E-state index in [0.29, 0.717) is 6.42 Å². The van der Waals surface area contributed by atoms with Gasteiger partial charge >= 0.3 is 0 Å². The van der Waals surface area contributed by atoms with Crippen LogP contribution < -0.4 is 0 Å². The second-order valence-electron chi connectivity index (χ2n) is 5.27. The van der Waals surface area contributed by atoms with Crippen molar-refractivity contribution < 1.29 is 9.59 Å². The molecule has 0 fully saturated rings. The molecule has 0 rings (SSSR count). The molecule has 0 saturated heterocycles. The highest BCUT2D eigenvalue weighted by atomic mass is 16.1. The van der Waals surface area contributed by atoms with E-state index in [2.05, 4.69) is 26.5 Å². The average Bonchev–Trinajstić information content (AvgIpc) is 2.15. The summed E-state index contributed by atoms with van der Waals surface area (Å²) in [5.74, 6) is -0.0530. The van der Waals surface area contributed by atoms with Crippen molar-refractivity contribution in [2.75, 3.05) is 0 Å². The number of carbonyl (C=O) groups is 2. The van der Waals surface area contributed by atoms with Crippen LogP contribution in [0.1, 0.15) is 53.4 Å². The van der Waals surface area contributed by atoms with Crippen LogP contribution in [0.3, 0.4) is 0 Å². The minimum atomic E-state index is -0.196. The Morgan fingerprint density at radius 2 is 1.82 bits per heavy atom. The van der Waals surface area contributed by atoms with E-state index in [4.69, 9.17) is 0 Å². The second-order valence-corrected chi connectivity index (χ2v) is 5.27. The van der Waals surface area contributed by atoms with Crippen molar-refractivity contribution >= 4 is 11.6 Å². The standard InChI is InChI=1S/C15H24O2/c1-6-15(5,9-7-8-12(2)3)11-14(17)10-13(4)16/h6,8H,1,7,9-11H2,2-5H3. The highest BCUT2D eigenvalue weighted by Crippen LogP contribution is 2.30. The zero-order valence-corrected chi connectivity index (χ0v) is 11.5. The fourth-order valence-corrected chi connectivity index (χ4v) is 1.74. The van der Waals surface area contributed by atoms with Gasteiger partial charge in [0, 0.05) is 6.42 Å². The van der Waals surface area contributed by atoms with Crippen LogP contribution in [0.25, 0.3) is 0 Å². The maximum Gasteiger partial charge on any atom is 0.141 e. The summed E-state index contributed by atoms with van der Waals surface area (Å²) in [5, 5.41) is 0. The van der Waals surface area contributed by atoms with Gasteiger partial charge in [-0.15, -0.1) is 6.58 Å². The lowest BCUT2D eigenvalue weighted by atomic mass is 9.80. The lowest BCUT2D eigenvalue weighted by Gasteiger charge is -2.24. The molecule has 0 saturated carbocycles. The molecule has 0 amide bonds. The summed E-state index contributed by atoms with van der Waals surface area (Å²) in [6.45, 7) is 11.4. The van der Waals surface area contributed by atoms with Crippen molar-refractivity contribution in [1.82, 2.24) is 0 Å². The van der Waals surface area contributed by atoms with Gasteiger partial charge in [-0.1, -0.05) is 24.6 Å². The SMILES string of the molecule is C=CC(C)(CCC=C(C)C)CC(=O)CC(C)=O. The van der Waals surface area contributed by atoms with E-state index in [9.17, 15) is 9.59 Å². The van der Waals surface area contributed by atoms with E-state index in [1.807, 2.05) is 13.0 Å². The van der Waals surface area contributed by atoms with Crippen molar-refractivity contribution in [2.24, 2.45) is 5.41 Å². The first kappa shape index (κ1) is 15.8. The summed E-state index contributed by atoms with van der Waals surface area (Å²) in [4.78, 5) is 22.5. The zero-order valence-electron chi connectivity index (χ0n) is 11.5. The van der Waals surface area contributed by atoms with Crippen molar-refractivity contribution in [1.29, 1.82) is 0 Å². The Labute approximate surface area is 105 Å². The van der Waals surface area contributed by atoms with Crippen LogP contribution in [0.15, 0.2) is 24.3 Å². The van der Waals surface area contributed by atoms with E-state index >= 15 is 0 Å². The Balaban J connectivity index is 4.36. The lowest BCUT2D eigenvalue weighted by Crippen LogP contribution is -2.19. The van der Waals surface area contributed by atoms with Crippen molar-refractivity contribution in [2.45, 2.75) is 53.4 Å². The van der Waals surface area contributed by atoms with Crippen LogP contribution in [0.2, 0.25) is 0 Å². The van der Waals surface area contributed by atoms with Crippen molar-refractivity contribution in [3.05, 3.63) is 24.3 Å². The molecular weight excluding hydrogens is 212 g/mol. The molecule has 0 spiro atoms. The number of ketones is 2. The Morgan fingerprint density at radius 1 is 1.24 bits per heavy atom. The summed E-state index contributed by atoms with van der Waals surface area (Å²) in [7, 11) is 0. The van der Waals surface area contributed by atoms with E-state index in [1.165, 1.54) is 12.5 Å². The number of allylic oxidation sites excluding steroid dienone is 3. The Bertz CT molecular complexity index is 322. The van der Waals surface area contributed by atoms with Crippen molar-refractivity contribution in [3.63, 3.8) is 0 Å². The minimum absolute atomic E-state index is 0.0112. The van der Waals surface area contributed by atoms with Crippen LogP contribution in [0.5, 0.6) is 0 Å². The molecule has 2 heteroatoms. The van der Waals surface area contributed by atoms with Gasteiger partial charge in [0.1, 0.15) is 11.6 Å².